The molecule has 11 heteroatoms. The molecule has 11 atom stereocenters. The van der Waals surface area contributed by atoms with Crippen LogP contribution in [0.2, 0.25) is 0 Å². The van der Waals surface area contributed by atoms with Crippen LogP contribution in [0.3, 0.4) is 0 Å². The van der Waals surface area contributed by atoms with Crippen LogP contribution in [0.25, 0.3) is 0 Å². The third-order valence-electron chi connectivity index (χ3n) is 11.2. The van der Waals surface area contributed by atoms with Gasteiger partial charge < -0.3 is 38.3 Å². The minimum atomic E-state index is -1.62. The summed E-state index contributed by atoms with van der Waals surface area (Å²) in [6.45, 7) is 4.77. The summed E-state index contributed by atoms with van der Waals surface area (Å²) >= 11 is 0. The molecule has 1 saturated carbocycles. The Balaban J connectivity index is 1.22. The first kappa shape index (κ1) is 25.2. The molecule has 4 bridgehead atoms. The molecule has 5 saturated heterocycles. The summed E-state index contributed by atoms with van der Waals surface area (Å²) in [6.07, 6.45) is 5.27. The number of ether oxygens (including phenoxy) is 7. The van der Waals surface area contributed by atoms with Crippen molar-refractivity contribution in [2.45, 2.75) is 93.0 Å². The van der Waals surface area contributed by atoms with Crippen LogP contribution in [0.4, 0.5) is 0 Å². The Bertz CT molecular complexity index is 1300. The zero-order valence-electron chi connectivity index (χ0n) is 22.3. The molecule has 214 valence electrons. The van der Waals surface area contributed by atoms with Crippen LogP contribution in [-0.2, 0) is 47.5 Å². The third kappa shape index (κ3) is 2.85. The summed E-state index contributed by atoms with van der Waals surface area (Å²) in [5.74, 6) is -1.99. The molecule has 8 rings (SSSR count). The zero-order chi connectivity index (χ0) is 27.7. The number of hydrogen-bond donors (Lipinski definition) is 1. The summed E-state index contributed by atoms with van der Waals surface area (Å²) in [5, 5.41) is 10.8. The van der Waals surface area contributed by atoms with Crippen molar-refractivity contribution in [3.8, 4) is 0 Å². The lowest BCUT2D eigenvalue weighted by molar-refractivity contribution is -0.233. The number of carbonyl (C=O) groups is 3. The van der Waals surface area contributed by atoms with Gasteiger partial charge in [0.15, 0.2) is 23.9 Å². The number of aliphatic hydroxyl groups excluding tert-OH is 1. The number of aliphatic hydroxyl groups is 1. The van der Waals surface area contributed by atoms with Crippen molar-refractivity contribution >= 4 is 17.9 Å². The van der Waals surface area contributed by atoms with Crippen molar-refractivity contribution in [3.63, 3.8) is 0 Å². The minimum absolute atomic E-state index is 0.0169. The van der Waals surface area contributed by atoms with E-state index >= 15 is 0 Å². The van der Waals surface area contributed by atoms with Gasteiger partial charge in [-0.05, 0) is 25.8 Å². The van der Waals surface area contributed by atoms with E-state index in [2.05, 4.69) is 19.9 Å². The molecular formula is C29H32O11. The van der Waals surface area contributed by atoms with E-state index in [9.17, 15) is 19.5 Å². The van der Waals surface area contributed by atoms with E-state index in [0.29, 0.717) is 19.4 Å². The minimum Gasteiger partial charge on any atom is -0.463 e. The number of carbonyl (C=O) groups excluding carboxylic acids is 3. The SMILES string of the molecule is CC1=CC2OC3CC4OC(=O)C=CC=CC56OCCC7(OC7C(=O)OCC2(CC1)C4(C)C31CO1)C5OC(=O)C6O. The summed E-state index contributed by atoms with van der Waals surface area (Å²) in [4.78, 5) is 39.2. The fourth-order valence-corrected chi connectivity index (χ4v) is 8.73. The van der Waals surface area contributed by atoms with Gasteiger partial charge >= 0.3 is 17.9 Å². The van der Waals surface area contributed by atoms with Crippen molar-refractivity contribution in [1.82, 2.24) is 0 Å². The second-order valence-electron chi connectivity index (χ2n) is 12.7. The molecule has 6 heterocycles. The average Bonchev–Trinajstić information content (AvgIpc) is 3.83. The van der Waals surface area contributed by atoms with Crippen molar-refractivity contribution in [2.24, 2.45) is 10.8 Å². The lowest BCUT2D eigenvalue weighted by Crippen LogP contribution is -2.67. The molecule has 8 aliphatic rings. The monoisotopic (exact) mass is 556 g/mol. The van der Waals surface area contributed by atoms with E-state index in [1.165, 1.54) is 29.9 Å². The first-order valence-electron chi connectivity index (χ1n) is 14.0. The molecule has 6 aliphatic heterocycles. The fourth-order valence-electron chi connectivity index (χ4n) is 8.73. The number of rotatable bonds is 0. The molecule has 3 spiro atoms. The Hall–Kier alpha value is -2.57. The Morgan fingerprint density at radius 1 is 1.00 bits per heavy atom. The number of hydrogen-bond acceptors (Lipinski definition) is 11. The Labute approximate surface area is 230 Å². The highest BCUT2D eigenvalue weighted by Gasteiger charge is 2.83. The molecule has 0 amide bonds. The van der Waals surface area contributed by atoms with Gasteiger partial charge in [0.05, 0.1) is 30.8 Å². The van der Waals surface area contributed by atoms with Crippen molar-refractivity contribution < 1.29 is 52.6 Å². The normalized spacial score (nSPS) is 54.0. The van der Waals surface area contributed by atoms with Crippen LogP contribution in [0.1, 0.15) is 39.5 Å². The molecule has 0 aromatic rings. The van der Waals surface area contributed by atoms with E-state index in [4.69, 9.17) is 33.2 Å². The maximum absolute atomic E-state index is 13.6. The summed E-state index contributed by atoms with van der Waals surface area (Å²) in [7, 11) is 0. The fraction of sp³-hybridized carbons (Fsp3) is 0.690. The second kappa shape index (κ2) is 7.83. The summed E-state index contributed by atoms with van der Waals surface area (Å²) in [5.41, 5.74) is -3.57. The van der Waals surface area contributed by atoms with Gasteiger partial charge in [0, 0.05) is 24.3 Å². The zero-order valence-corrected chi connectivity index (χ0v) is 22.3. The third-order valence-corrected chi connectivity index (χ3v) is 11.2. The quantitative estimate of drug-likeness (QED) is 0.196. The van der Waals surface area contributed by atoms with E-state index in [1.54, 1.807) is 0 Å². The predicted molar refractivity (Wildman–Crippen MR) is 131 cm³/mol. The molecule has 11 unspecified atom stereocenters. The van der Waals surface area contributed by atoms with E-state index in [-0.39, 0.29) is 31.8 Å². The number of cyclic esters (lactones) is 1. The lowest BCUT2D eigenvalue weighted by atomic mass is 9.51. The summed E-state index contributed by atoms with van der Waals surface area (Å²) < 4.78 is 42.4. The molecule has 40 heavy (non-hydrogen) atoms. The Kier molecular flexibility index (Phi) is 4.92. The molecule has 0 aromatic heterocycles. The van der Waals surface area contributed by atoms with Crippen molar-refractivity contribution in [2.75, 3.05) is 19.8 Å². The Morgan fingerprint density at radius 3 is 2.62 bits per heavy atom. The van der Waals surface area contributed by atoms with Crippen LogP contribution in [0, 0.1) is 10.8 Å². The van der Waals surface area contributed by atoms with Gasteiger partial charge in [-0.2, -0.15) is 0 Å². The van der Waals surface area contributed by atoms with Gasteiger partial charge in [0.2, 0.25) is 0 Å². The highest BCUT2D eigenvalue weighted by atomic mass is 16.7. The van der Waals surface area contributed by atoms with Crippen LogP contribution in [0.5, 0.6) is 0 Å². The standard InChI is InChI=1S/C29H32O11/c1-15-6-8-26-13-34-23(33)21-28(40-21)9-10-35-27(20(31)22(32)39-24(27)28)7-4-3-5-19(30)38-16-12-18(37-17(26)11-15)29(14-36-29)25(16,26)2/h3-5,7,11,16-18,20-21,24,31H,6,8-10,12-14H2,1-2H3. The molecule has 0 aromatic carbocycles. The molecule has 6 fully saturated rings. The van der Waals surface area contributed by atoms with Gasteiger partial charge in [-0.15, -0.1) is 0 Å². The maximum Gasteiger partial charge on any atom is 0.339 e. The highest BCUT2D eigenvalue weighted by Crippen LogP contribution is 2.72. The molecule has 2 aliphatic carbocycles. The van der Waals surface area contributed by atoms with Gasteiger partial charge in [0.1, 0.15) is 23.9 Å². The van der Waals surface area contributed by atoms with Gasteiger partial charge in [0.25, 0.3) is 0 Å². The number of epoxide rings is 2. The van der Waals surface area contributed by atoms with Crippen molar-refractivity contribution in [3.05, 3.63) is 36.0 Å². The molecule has 11 nitrogen and oxygen atoms in total. The average molecular weight is 557 g/mol. The van der Waals surface area contributed by atoms with E-state index in [0.717, 1.165) is 6.42 Å². The van der Waals surface area contributed by atoms with Gasteiger partial charge in [-0.25, -0.2) is 14.4 Å². The maximum atomic E-state index is 13.6. The Morgan fingerprint density at radius 2 is 1.82 bits per heavy atom. The largest absolute Gasteiger partial charge is 0.463 e. The van der Waals surface area contributed by atoms with Gasteiger partial charge in [-0.3, -0.25) is 0 Å². The lowest BCUT2D eigenvalue weighted by Gasteiger charge is -2.58. The van der Waals surface area contributed by atoms with Crippen LogP contribution >= 0.6 is 0 Å². The van der Waals surface area contributed by atoms with Crippen molar-refractivity contribution in [1.29, 1.82) is 0 Å². The number of allylic oxidation sites excluding steroid dienone is 3. The number of esters is 3. The van der Waals surface area contributed by atoms with Crippen LogP contribution in [0.15, 0.2) is 36.0 Å². The van der Waals surface area contributed by atoms with Gasteiger partial charge in [-0.1, -0.05) is 30.7 Å². The van der Waals surface area contributed by atoms with Crippen LogP contribution in [-0.4, -0.2) is 96.3 Å². The van der Waals surface area contributed by atoms with Crippen LogP contribution < -0.4 is 0 Å². The smallest absolute Gasteiger partial charge is 0.339 e. The first-order valence-corrected chi connectivity index (χ1v) is 14.0. The van der Waals surface area contributed by atoms with E-state index in [1.807, 2.05) is 0 Å². The summed E-state index contributed by atoms with van der Waals surface area (Å²) in [6, 6.07) is 0. The molecular weight excluding hydrogens is 524 g/mol. The second-order valence-corrected chi connectivity index (χ2v) is 12.7. The molecule has 0 radical (unpaired) electrons. The first-order chi connectivity index (χ1) is 19.1. The van der Waals surface area contributed by atoms with E-state index < -0.39 is 70.0 Å². The predicted octanol–water partition coefficient (Wildman–Crippen LogP) is 0.823. The molecule has 1 N–H and O–H groups in total. The highest BCUT2D eigenvalue weighted by molar-refractivity contribution is 5.84. The topological polar surface area (TPSA) is 143 Å².